The summed E-state index contributed by atoms with van der Waals surface area (Å²) in [6, 6.07) is 0.314. The lowest BCUT2D eigenvalue weighted by Gasteiger charge is -2.23. The predicted octanol–water partition coefficient (Wildman–Crippen LogP) is 0.968. The second-order valence-electron chi connectivity index (χ2n) is 4.49. The average molecular weight is 249 g/mol. The summed E-state index contributed by atoms with van der Waals surface area (Å²) < 4.78 is 27.7. The zero-order valence-corrected chi connectivity index (χ0v) is 11.1. The molecule has 16 heavy (non-hydrogen) atoms. The van der Waals surface area contributed by atoms with Crippen LogP contribution in [0.1, 0.15) is 32.6 Å². The van der Waals surface area contributed by atoms with Crippen molar-refractivity contribution < 1.29 is 13.2 Å². The van der Waals surface area contributed by atoms with E-state index in [0.29, 0.717) is 6.04 Å². The van der Waals surface area contributed by atoms with Crippen molar-refractivity contribution in [3.63, 3.8) is 0 Å². The Labute approximate surface area is 98.7 Å². The van der Waals surface area contributed by atoms with Gasteiger partial charge in [0.25, 0.3) is 0 Å². The fourth-order valence-electron chi connectivity index (χ4n) is 2.17. The molecule has 5 heteroatoms. The first-order valence-corrected chi connectivity index (χ1v) is 8.11. The maximum Gasteiger partial charge on any atom is 0.147 e. The van der Waals surface area contributed by atoms with Gasteiger partial charge < -0.3 is 10.1 Å². The van der Waals surface area contributed by atoms with E-state index < -0.39 is 9.84 Å². The van der Waals surface area contributed by atoms with Gasteiger partial charge in [-0.25, -0.2) is 8.42 Å². The van der Waals surface area contributed by atoms with Crippen LogP contribution in [0, 0.1) is 0 Å². The van der Waals surface area contributed by atoms with Gasteiger partial charge in [0.1, 0.15) is 9.84 Å². The van der Waals surface area contributed by atoms with E-state index in [-0.39, 0.29) is 11.9 Å². The van der Waals surface area contributed by atoms with Crippen LogP contribution < -0.4 is 5.32 Å². The van der Waals surface area contributed by atoms with Gasteiger partial charge in [0.15, 0.2) is 0 Å². The Balaban J connectivity index is 2.32. The third-order valence-corrected chi connectivity index (χ3v) is 3.94. The molecule has 1 rings (SSSR count). The van der Waals surface area contributed by atoms with Gasteiger partial charge in [0.2, 0.25) is 0 Å². The Morgan fingerprint density at radius 2 is 2.25 bits per heavy atom. The zero-order valence-electron chi connectivity index (χ0n) is 10.2. The summed E-state index contributed by atoms with van der Waals surface area (Å²) in [5, 5.41) is 3.39. The van der Waals surface area contributed by atoms with E-state index in [0.717, 1.165) is 38.8 Å². The smallest absolute Gasteiger partial charge is 0.147 e. The Kier molecular flexibility index (Phi) is 5.72. The van der Waals surface area contributed by atoms with E-state index in [1.807, 2.05) is 0 Å². The molecule has 0 aromatic carbocycles. The minimum absolute atomic E-state index is 0.277. The van der Waals surface area contributed by atoms with Crippen LogP contribution in [0.2, 0.25) is 0 Å². The third-order valence-electron chi connectivity index (χ3n) is 2.91. The molecule has 1 fully saturated rings. The summed E-state index contributed by atoms with van der Waals surface area (Å²) in [6.45, 7) is 3.82. The van der Waals surface area contributed by atoms with E-state index in [4.69, 9.17) is 4.74 Å². The monoisotopic (exact) mass is 249 g/mol. The summed E-state index contributed by atoms with van der Waals surface area (Å²) in [7, 11) is -2.83. The van der Waals surface area contributed by atoms with Crippen LogP contribution in [0.4, 0.5) is 0 Å². The van der Waals surface area contributed by atoms with Crippen LogP contribution in [-0.4, -0.2) is 45.7 Å². The molecule has 1 saturated heterocycles. The summed E-state index contributed by atoms with van der Waals surface area (Å²) >= 11 is 0. The van der Waals surface area contributed by atoms with Gasteiger partial charge in [-0.3, -0.25) is 0 Å². The maximum atomic E-state index is 11.0. The zero-order chi connectivity index (χ0) is 12.0. The number of likely N-dealkylation sites (N-methyl/N-ethyl adjacent to an activating group) is 1. The second-order valence-corrected chi connectivity index (χ2v) is 6.75. The molecule has 96 valence electrons. The van der Waals surface area contributed by atoms with Crippen molar-refractivity contribution in [3.05, 3.63) is 0 Å². The van der Waals surface area contributed by atoms with E-state index in [1.54, 1.807) is 0 Å². The fourth-order valence-corrected chi connectivity index (χ4v) is 2.86. The SMILES string of the molecule is CCNC(CCCS(C)(=O)=O)C1CCCO1. The van der Waals surface area contributed by atoms with E-state index >= 15 is 0 Å². The topological polar surface area (TPSA) is 55.4 Å². The van der Waals surface area contributed by atoms with E-state index in [9.17, 15) is 8.42 Å². The molecule has 0 aliphatic carbocycles. The van der Waals surface area contributed by atoms with Crippen molar-refractivity contribution in [1.82, 2.24) is 5.32 Å². The number of rotatable bonds is 7. The number of hydrogen-bond donors (Lipinski definition) is 1. The largest absolute Gasteiger partial charge is 0.377 e. The van der Waals surface area contributed by atoms with Crippen molar-refractivity contribution >= 4 is 9.84 Å². The highest BCUT2D eigenvalue weighted by Crippen LogP contribution is 2.18. The van der Waals surface area contributed by atoms with Gasteiger partial charge in [-0.15, -0.1) is 0 Å². The summed E-state index contributed by atoms with van der Waals surface area (Å²) in [6.07, 6.45) is 5.39. The first-order chi connectivity index (χ1) is 7.53. The minimum Gasteiger partial charge on any atom is -0.377 e. The highest BCUT2D eigenvalue weighted by atomic mass is 32.2. The van der Waals surface area contributed by atoms with Gasteiger partial charge in [-0.2, -0.15) is 0 Å². The van der Waals surface area contributed by atoms with Crippen LogP contribution in [0.15, 0.2) is 0 Å². The summed E-state index contributed by atoms with van der Waals surface area (Å²) in [4.78, 5) is 0. The van der Waals surface area contributed by atoms with Gasteiger partial charge in [0.05, 0.1) is 6.10 Å². The van der Waals surface area contributed by atoms with Crippen molar-refractivity contribution in [2.24, 2.45) is 0 Å². The first-order valence-electron chi connectivity index (χ1n) is 6.05. The second kappa shape index (κ2) is 6.57. The Hall–Kier alpha value is -0.130. The lowest BCUT2D eigenvalue weighted by atomic mass is 10.0. The molecule has 2 atom stereocenters. The van der Waals surface area contributed by atoms with E-state index in [1.165, 1.54) is 6.26 Å². The summed E-state index contributed by atoms with van der Waals surface area (Å²) in [5.41, 5.74) is 0. The van der Waals surface area contributed by atoms with Crippen LogP contribution >= 0.6 is 0 Å². The fraction of sp³-hybridized carbons (Fsp3) is 1.00. The highest BCUT2D eigenvalue weighted by Gasteiger charge is 2.24. The van der Waals surface area contributed by atoms with E-state index in [2.05, 4.69) is 12.2 Å². The molecule has 1 aliphatic rings. The molecular formula is C11H23NO3S. The molecule has 0 amide bonds. The molecule has 1 N–H and O–H groups in total. The van der Waals surface area contributed by atoms with Crippen LogP contribution in [0.3, 0.4) is 0 Å². The van der Waals surface area contributed by atoms with Crippen molar-refractivity contribution in [3.8, 4) is 0 Å². The Morgan fingerprint density at radius 1 is 1.50 bits per heavy atom. The molecule has 0 saturated carbocycles. The maximum absolute atomic E-state index is 11.0. The molecule has 0 aromatic heterocycles. The van der Waals surface area contributed by atoms with Crippen molar-refractivity contribution in [2.75, 3.05) is 25.2 Å². The molecule has 0 spiro atoms. The predicted molar refractivity (Wildman–Crippen MR) is 65.4 cm³/mol. The lowest BCUT2D eigenvalue weighted by Crippen LogP contribution is -2.39. The number of ether oxygens (including phenoxy) is 1. The molecule has 1 heterocycles. The molecular weight excluding hydrogens is 226 g/mol. The molecule has 0 radical (unpaired) electrons. The minimum atomic E-state index is -2.83. The number of hydrogen-bond acceptors (Lipinski definition) is 4. The molecule has 1 aliphatic heterocycles. The Morgan fingerprint density at radius 3 is 2.75 bits per heavy atom. The lowest BCUT2D eigenvalue weighted by molar-refractivity contribution is 0.0759. The highest BCUT2D eigenvalue weighted by molar-refractivity contribution is 7.90. The third kappa shape index (κ3) is 5.27. The van der Waals surface area contributed by atoms with Gasteiger partial charge in [-0.05, 0) is 32.2 Å². The first kappa shape index (κ1) is 13.9. The number of nitrogens with one attached hydrogen (secondary N) is 1. The molecule has 0 bridgehead atoms. The quantitative estimate of drug-likeness (QED) is 0.730. The van der Waals surface area contributed by atoms with Crippen molar-refractivity contribution in [1.29, 1.82) is 0 Å². The Bertz CT molecular complexity index is 284. The van der Waals surface area contributed by atoms with Gasteiger partial charge in [-0.1, -0.05) is 6.92 Å². The van der Waals surface area contributed by atoms with Gasteiger partial charge in [0, 0.05) is 24.7 Å². The molecule has 4 nitrogen and oxygen atoms in total. The molecule has 2 unspecified atom stereocenters. The summed E-state index contributed by atoms with van der Waals surface area (Å²) in [5.74, 6) is 0.279. The van der Waals surface area contributed by atoms with Crippen LogP contribution in [0.5, 0.6) is 0 Å². The standard InChI is InChI=1S/C11H23NO3S/c1-3-12-10(11-7-4-8-15-11)6-5-9-16(2,13)14/h10-12H,3-9H2,1-2H3. The average Bonchev–Trinajstić information content (AvgIpc) is 2.67. The number of sulfone groups is 1. The van der Waals surface area contributed by atoms with Crippen molar-refractivity contribution in [2.45, 2.75) is 44.8 Å². The van der Waals surface area contributed by atoms with Gasteiger partial charge >= 0.3 is 0 Å². The molecule has 0 aromatic rings. The normalized spacial score (nSPS) is 23.5. The van der Waals surface area contributed by atoms with Crippen LogP contribution in [0.25, 0.3) is 0 Å². The van der Waals surface area contributed by atoms with Crippen LogP contribution in [-0.2, 0) is 14.6 Å².